The monoisotopic (exact) mass is 279 g/mol. The molecule has 1 aromatic carbocycles. The van der Waals surface area contributed by atoms with Gasteiger partial charge in [0, 0.05) is 6.54 Å². The number of amides is 1. The molecule has 0 spiro atoms. The highest BCUT2D eigenvalue weighted by Gasteiger charge is 2.34. The maximum atomic E-state index is 13.2. The van der Waals surface area contributed by atoms with Gasteiger partial charge in [-0.3, -0.25) is 4.79 Å². The van der Waals surface area contributed by atoms with E-state index in [9.17, 15) is 19.1 Å². The molecular formula is C15H18FNO3. The van der Waals surface area contributed by atoms with Gasteiger partial charge in [0.15, 0.2) is 0 Å². The van der Waals surface area contributed by atoms with Gasteiger partial charge in [-0.25, -0.2) is 9.18 Å². The Bertz CT molecular complexity index is 518. The summed E-state index contributed by atoms with van der Waals surface area (Å²) >= 11 is 0. The Morgan fingerprint density at radius 3 is 2.80 bits per heavy atom. The zero-order valence-electron chi connectivity index (χ0n) is 11.4. The molecular weight excluding hydrogens is 261 g/mol. The van der Waals surface area contributed by atoms with Crippen molar-refractivity contribution in [1.82, 2.24) is 4.90 Å². The fourth-order valence-corrected chi connectivity index (χ4v) is 2.62. The van der Waals surface area contributed by atoms with Gasteiger partial charge < -0.3 is 10.0 Å². The molecule has 1 aliphatic rings. The molecule has 1 aliphatic heterocycles. The molecule has 0 saturated carbocycles. The number of carboxylic acid groups (broad SMARTS) is 1. The lowest BCUT2D eigenvalue weighted by Crippen LogP contribution is -2.49. The van der Waals surface area contributed by atoms with E-state index in [1.807, 2.05) is 0 Å². The molecule has 1 saturated heterocycles. The number of halogens is 1. The Labute approximate surface area is 117 Å². The quantitative estimate of drug-likeness (QED) is 0.924. The zero-order chi connectivity index (χ0) is 14.7. The summed E-state index contributed by atoms with van der Waals surface area (Å²) in [5.41, 5.74) is 0.574. The number of carbonyl (C=O) groups is 2. The van der Waals surface area contributed by atoms with Crippen LogP contribution in [0.25, 0.3) is 0 Å². The summed E-state index contributed by atoms with van der Waals surface area (Å²) in [6.45, 7) is 2.14. The predicted molar refractivity (Wildman–Crippen MR) is 71.8 cm³/mol. The van der Waals surface area contributed by atoms with Crippen molar-refractivity contribution in [2.45, 2.75) is 38.1 Å². The number of aliphatic carboxylic acids is 1. The zero-order valence-corrected chi connectivity index (χ0v) is 11.4. The van der Waals surface area contributed by atoms with Crippen molar-refractivity contribution >= 4 is 11.9 Å². The van der Waals surface area contributed by atoms with E-state index >= 15 is 0 Å². The van der Waals surface area contributed by atoms with Crippen LogP contribution in [0.5, 0.6) is 0 Å². The summed E-state index contributed by atoms with van der Waals surface area (Å²) in [5, 5.41) is 9.20. The van der Waals surface area contributed by atoms with E-state index in [0.29, 0.717) is 18.5 Å². The van der Waals surface area contributed by atoms with Crippen LogP contribution in [0.2, 0.25) is 0 Å². The normalized spacial score (nSPS) is 20.5. The van der Waals surface area contributed by atoms with E-state index in [2.05, 4.69) is 0 Å². The summed E-state index contributed by atoms with van der Waals surface area (Å²) in [6, 6.07) is 5.13. The van der Waals surface area contributed by atoms with Gasteiger partial charge in [0.05, 0.1) is 5.92 Å². The summed E-state index contributed by atoms with van der Waals surface area (Å²) in [7, 11) is 0. The van der Waals surface area contributed by atoms with Crippen LogP contribution in [0.1, 0.15) is 37.7 Å². The van der Waals surface area contributed by atoms with Gasteiger partial charge in [0.1, 0.15) is 11.9 Å². The SMILES string of the molecule is C[C@H](C(=O)N1CCCC[C@H]1C(=O)O)c1cccc(F)c1. The molecule has 2 atom stereocenters. The summed E-state index contributed by atoms with van der Waals surface area (Å²) in [6.07, 6.45) is 2.11. The van der Waals surface area contributed by atoms with Crippen LogP contribution in [0, 0.1) is 5.82 Å². The highest BCUT2D eigenvalue weighted by Crippen LogP contribution is 2.24. The summed E-state index contributed by atoms with van der Waals surface area (Å²) < 4.78 is 13.2. The number of likely N-dealkylation sites (tertiary alicyclic amines) is 1. The molecule has 108 valence electrons. The lowest BCUT2D eigenvalue weighted by atomic mass is 9.95. The molecule has 0 aromatic heterocycles. The molecule has 1 heterocycles. The highest BCUT2D eigenvalue weighted by molar-refractivity contribution is 5.88. The van der Waals surface area contributed by atoms with E-state index in [-0.39, 0.29) is 5.91 Å². The van der Waals surface area contributed by atoms with Gasteiger partial charge in [-0.2, -0.15) is 0 Å². The molecule has 5 heteroatoms. The minimum Gasteiger partial charge on any atom is -0.480 e. The molecule has 1 amide bonds. The molecule has 0 radical (unpaired) electrons. The third kappa shape index (κ3) is 2.98. The van der Waals surface area contributed by atoms with Gasteiger partial charge in [-0.05, 0) is 43.9 Å². The number of hydrogen-bond acceptors (Lipinski definition) is 2. The van der Waals surface area contributed by atoms with E-state index in [1.165, 1.54) is 17.0 Å². The first-order valence-electron chi connectivity index (χ1n) is 6.79. The summed E-state index contributed by atoms with van der Waals surface area (Å²) in [5.74, 6) is -2.14. The second kappa shape index (κ2) is 6.03. The van der Waals surface area contributed by atoms with Crippen molar-refractivity contribution in [3.8, 4) is 0 Å². The van der Waals surface area contributed by atoms with E-state index in [1.54, 1.807) is 19.1 Å². The third-order valence-electron chi connectivity index (χ3n) is 3.79. The van der Waals surface area contributed by atoms with Crippen molar-refractivity contribution in [2.75, 3.05) is 6.54 Å². The first-order chi connectivity index (χ1) is 9.50. The first-order valence-corrected chi connectivity index (χ1v) is 6.79. The number of carboxylic acids is 1. The van der Waals surface area contributed by atoms with Gasteiger partial charge in [-0.15, -0.1) is 0 Å². The second-order valence-electron chi connectivity index (χ2n) is 5.16. The van der Waals surface area contributed by atoms with Crippen LogP contribution in [0.4, 0.5) is 4.39 Å². The van der Waals surface area contributed by atoms with Crippen LogP contribution in [-0.4, -0.2) is 34.5 Å². The van der Waals surface area contributed by atoms with Gasteiger partial charge in [-0.1, -0.05) is 12.1 Å². The van der Waals surface area contributed by atoms with Gasteiger partial charge in [0.25, 0.3) is 0 Å². The number of piperidine rings is 1. The number of hydrogen-bond donors (Lipinski definition) is 1. The fraction of sp³-hybridized carbons (Fsp3) is 0.467. The second-order valence-corrected chi connectivity index (χ2v) is 5.16. The first kappa shape index (κ1) is 14.5. The minimum atomic E-state index is -0.968. The van der Waals surface area contributed by atoms with Crippen LogP contribution in [0.3, 0.4) is 0 Å². The number of nitrogens with zero attached hydrogens (tertiary/aromatic N) is 1. The maximum absolute atomic E-state index is 13.2. The molecule has 0 aliphatic carbocycles. The van der Waals surface area contributed by atoms with Crippen LogP contribution in [-0.2, 0) is 9.59 Å². The predicted octanol–water partition coefficient (Wildman–Crippen LogP) is 2.39. The Kier molecular flexibility index (Phi) is 4.37. The molecule has 1 fully saturated rings. The van der Waals surface area contributed by atoms with Crippen molar-refractivity contribution in [3.05, 3.63) is 35.6 Å². The molecule has 20 heavy (non-hydrogen) atoms. The number of benzene rings is 1. The molecule has 1 N–H and O–H groups in total. The topological polar surface area (TPSA) is 57.6 Å². The van der Waals surface area contributed by atoms with Crippen LogP contribution in [0.15, 0.2) is 24.3 Å². The van der Waals surface area contributed by atoms with Gasteiger partial charge in [0.2, 0.25) is 5.91 Å². The van der Waals surface area contributed by atoms with Crippen molar-refractivity contribution < 1.29 is 19.1 Å². The number of carbonyl (C=O) groups excluding carboxylic acids is 1. The Balaban J connectivity index is 2.18. The van der Waals surface area contributed by atoms with Crippen LogP contribution < -0.4 is 0 Å². The average Bonchev–Trinajstić information content (AvgIpc) is 2.45. The minimum absolute atomic E-state index is 0.247. The average molecular weight is 279 g/mol. The van der Waals surface area contributed by atoms with E-state index < -0.39 is 23.7 Å². The molecule has 0 bridgehead atoms. The maximum Gasteiger partial charge on any atom is 0.326 e. The van der Waals surface area contributed by atoms with Crippen molar-refractivity contribution in [3.63, 3.8) is 0 Å². The highest BCUT2D eigenvalue weighted by atomic mass is 19.1. The fourth-order valence-electron chi connectivity index (χ4n) is 2.62. The lowest BCUT2D eigenvalue weighted by molar-refractivity contribution is -0.152. The third-order valence-corrected chi connectivity index (χ3v) is 3.79. The van der Waals surface area contributed by atoms with Crippen molar-refractivity contribution in [1.29, 1.82) is 0 Å². The Morgan fingerprint density at radius 1 is 1.40 bits per heavy atom. The Hall–Kier alpha value is -1.91. The standard InChI is InChI=1S/C15H18FNO3/c1-10(11-5-4-6-12(16)9-11)14(18)17-8-3-2-7-13(17)15(19)20/h4-6,9-10,13H,2-3,7-8H2,1H3,(H,19,20)/t10-,13-/m0/s1. The smallest absolute Gasteiger partial charge is 0.326 e. The van der Waals surface area contributed by atoms with E-state index in [0.717, 1.165) is 12.8 Å². The Morgan fingerprint density at radius 2 is 2.15 bits per heavy atom. The number of rotatable bonds is 3. The molecule has 1 aromatic rings. The van der Waals surface area contributed by atoms with Crippen molar-refractivity contribution in [2.24, 2.45) is 0 Å². The van der Waals surface area contributed by atoms with E-state index in [4.69, 9.17) is 0 Å². The molecule has 2 rings (SSSR count). The largest absolute Gasteiger partial charge is 0.480 e. The van der Waals surface area contributed by atoms with Gasteiger partial charge >= 0.3 is 5.97 Å². The molecule has 0 unspecified atom stereocenters. The molecule has 4 nitrogen and oxygen atoms in total. The summed E-state index contributed by atoms with van der Waals surface area (Å²) in [4.78, 5) is 25.1. The lowest BCUT2D eigenvalue weighted by Gasteiger charge is -2.34. The van der Waals surface area contributed by atoms with Crippen LogP contribution >= 0.6 is 0 Å².